The van der Waals surface area contributed by atoms with E-state index in [1.807, 2.05) is 0 Å². The molecule has 1 aliphatic rings. The predicted octanol–water partition coefficient (Wildman–Crippen LogP) is 2.47. The summed E-state index contributed by atoms with van der Waals surface area (Å²) in [5.41, 5.74) is 5.79. The molecule has 0 atom stereocenters. The first-order valence-electron chi connectivity index (χ1n) is 5.42. The molecular formula is C12H16FNO. The Morgan fingerprint density at radius 1 is 1.13 bits per heavy atom. The molecule has 0 spiro atoms. The van der Waals surface area contributed by atoms with E-state index in [9.17, 15) is 4.39 Å². The molecule has 3 heteroatoms. The van der Waals surface area contributed by atoms with Gasteiger partial charge in [0.15, 0.2) is 11.6 Å². The zero-order valence-corrected chi connectivity index (χ0v) is 8.66. The third-order valence-electron chi connectivity index (χ3n) is 2.85. The molecule has 1 saturated carbocycles. The molecule has 0 unspecified atom stereocenters. The topological polar surface area (TPSA) is 35.2 Å². The number of halogens is 1. The van der Waals surface area contributed by atoms with Crippen LogP contribution in [0.1, 0.15) is 25.7 Å². The maximum atomic E-state index is 13.3. The SMILES string of the molecule is N[C@H]1CC[C@H](Oc2ccccc2F)CC1. The van der Waals surface area contributed by atoms with Crippen molar-refractivity contribution < 1.29 is 9.13 Å². The standard InChI is InChI=1S/C12H16FNO/c13-11-3-1-2-4-12(11)15-10-7-5-9(14)6-8-10/h1-4,9-10H,5-8,14H2/t9-,10-. The molecule has 0 heterocycles. The van der Waals surface area contributed by atoms with Crippen LogP contribution in [0.25, 0.3) is 0 Å². The summed E-state index contributed by atoms with van der Waals surface area (Å²) in [6.45, 7) is 0. The molecule has 82 valence electrons. The van der Waals surface area contributed by atoms with Crippen molar-refractivity contribution in [2.24, 2.45) is 5.73 Å². The Labute approximate surface area is 89.2 Å². The van der Waals surface area contributed by atoms with Gasteiger partial charge in [0.05, 0.1) is 6.10 Å². The molecule has 1 aromatic rings. The molecule has 0 bridgehead atoms. The minimum Gasteiger partial charge on any atom is -0.487 e. The Balaban J connectivity index is 1.95. The number of ether oxygens (including phenoxy) is 1. The van der Waals surface area contributed by atoms with Crippen LogP contribution < -0.4 is 10.5 Å². The van der Waals surface area contributed by atoms with Crippen LogP contribution in [-0.4, -0.2) is 12.1 Å². The Hall–Kier alpha value is -1.09. The van der Waals surface area contributed by atoms with E-state index < -0.39 is 0 Å². The monoisotopic (exact) mass is 209 g/mol. The Morgan fingerprint density at radius 2 is 1.80 bits per heavy atom. The van der Waals surface area contributed by atoms with Gasteiger partial charge in [-0.2, -0.15) is 0 Å². The third kappa shape index (κ3) is 2.69. The summed E-state index contributed by atoms with van der Waals surface area (Å²) in [6, 6.07) is 6.84. The smallest absolute Gasteiger partial charge is 0.165 e. The fourth-order valence-electron chi connectivity index (χ4n) is 1.93. The van der Waals surface area contributed by atoms with Crippen LogP contribution in [0.5, 0.6) is 5.75 Å². The van der Waals surface area contributed by atoms with E-state index in [4.69, 9.17) is 10.5 Å². The van der Waals surface area contributed by atoms with Crippen molar-refractivity contribution in [3.63, 3.8) is 0 Å². The van der Waals surface area contributed by atoms with Crippen molar-refractivity contribution in [1.82, 2.24) is 0 Å². The zero-order chi connectivity index (χ0) is 10.7. The van der Waals surface area contributed by atoms with Gasteiger partial charge in [-0.1, -0.05) is 12.1 Å². The molecule has 2 nitrogen and oxygen atoms in total. The van der Waals surface area contributed by atoms with E-state index in [2.05, 4.69) is 0 Å². The van der Waals surface area contributed by atoms with E-state index in [0.717, 1.165) is 25.7 Å². The highest BCUT2D eigenvalue weighted by Crippen LogP contribution is 2.24. The summed E-state index contributed by atoms with van der Waals surface area (Å²) in [7, 11) is 0. The van der Waals surface area contributed by atoms with Crippen LogP contribution in [0.2, 0.25) is 0 Å². The van der Waals surface area contributed by atoms with Crippen LogP contribution in [0.3, 0.4) is 0 Å². The van der Waals surface area contributed by atoms with Gasteiger partial charge in [-0.25, -0.2) is 4.39 Å². The predicted molar refractivity (Wildman–Crippen MR) is 57.3 cm³/mol. The first-order chi connectivity index (χ1) is 7.25. The first kappa shape index (κ1) is 10.4. The number of para-hydroxylation sites is 1. The second-order valence-electron chi connectivity index (χ2n) is 4.09. The van der Waals surface area contributed by atoms with E-state index in [0.29, 0.717) is 11.8 Å². The normalized spacial score (nSPS) is 26.3. The lowest BCUT2D eigenvalue weighted by Gasteiger charge is -2.26. The number of nitrogens with two attached hydrogens (primary N) is 1. The summed E-state index contributed by atoms with van der Waals surface area (Å²) in [4.78, 5) is 0. The van der Waals surface area contributed by atoms with Crippen molar-refractivity contribution in [2.45, 2.75) is 37.8 Å². The molecule has 15 heavy (non-hydrogen) atoms. The van der Waals surface area contributed by atoms with Gasteiger partial charge in [-0.05, 0) is 37.8 Å². The highest BCUT2D eigenvalue weighted by molar-refractivity contribution is 5.23. The van der Waals surface area contributed by atoms with Crippen molar-refractivity contribution in [3.8, 4) is 5.75 Å². The molecule has 0 aromatic heterocycles. The lowest BCUT2D eigenvalue weighted by molar-refractivity contribution is 0.141. The lowest BCUT2D eigenvalue weighted by Crippen LogP contribution is -2.31. The van der Waals surface area contributed by atoms with E-state index in [1.54, 1.807) is 18.2 Å². The summed E-state index contributed by atoms with van der Waals surface area (Å²) in [5, 5.41) is 0. The highest BCUT2D eigenvalue weighted by Gasteiger charge is 2.20. The Kier molecular flexibility index (Phi) is 3.21. The Morgan fingerprint density at radius 3 is 2.47 bits per heavy atom. The van der Waals surface area contributed by atoms with E-state index in [-0.39, 0.29) is 11.9 Å². The molecule has 2 N–H and O–H groups in total. The van der Waals surface area contributed by atoms with Gasteiger partial charge in [-0.15, -0.1) is 0 Å². The van der Waals surface area contributed by atoms with Crippen LogP contribution in [0.15, 0.2) is 24.3 Å². The van der Waals surface area contributed by atoms with Gasteiger partial charge in [0.2, 0.25) is 0 Å². The number of rotatable bonds is 2. The lowest BCUT2D eigenvalue weighted by atomic mass is 9.94. The quantitative estimate of drug-likeness (QED) is 0.812. The third-order valence-corrected chi connectivity index (χ3v) is 2.85. The number of benzene rings is 1. The molecule has 0 aliphatic heterocycles. The maximum absolute atomic E-state index is 13.3. The summed E-state index contributed by atoms with van der Waals surface area (Å²) >= 11 is 0. The van der Waals surface area contributed by atoms with Crippen molar-refractivity contribution in [1.29, 1.82) is 0 Å². The minimum atomic E-state index is -0.285. The summed E-state index contributed by atoms with van der Waals surface area (Å²) < 4.78 is 18.9. The second-order valence-corrected chi connectivity index (χ2v) is 4.09. The minimum absolute atomic E-state index is 0.127. The molecule has 2 rings (SSSR count). The van der Waals surface area contributed by atoms with Crippen molar-refractivity contribution in [2.75, 3.05) is 0 Å². The second kappa shape index (κ2) is 4.62. The summed E-state index contributed by atoms with van der Waals surface area (Å²) in [6.07, 6.45) is 3.92. The first-order valence-corrected chi connectivity index (χ1v) is 5.42. The fourth-order valence-corrected chi connectivity index (χ4v) is 1.93. The number of hydrogen-bond donors (Lipinski definition) is 1. The number of hydrogen-bond acceptors (Lipinski definition) is 2. The van der Waals surface area contributed by atoms with Gasteiger partial charge in [-0.3, -0.25) is 0 Å². The maximum Gasteiger partial charge on any atom is 0.165 e. The van der Waals surface area contributed by atoms with Gasteiger partial charge in [0, 0.05) is 6.04 Å². The largest absolute Gasteiger partial charge is 0.487 e. The van der Waals surface area contributed by atoms with Crippen LogP contribution in [0.4, 0.5) is 4.39 Å². The molecule has 1 aromatic carbocycles. The van der Waals surface area contributed by atoms with Crippen LogP contribution >= 0.6 is 0 Å². The average molecular weight is 209 g/mol. The highest BCUT2D eigenvalue weighted by atomic mass is 19.1. The van der Waals surface area contributed by atoms with Crippen molar-refractivity contribution >= 4 is 0 Å². The Bertz CT molecular complexity index is 321. The molecule has 0 saturated heterocycles. The molecule has 1 fully saturated rings. The molecule has 1 aliphatic carbocycles. The van der Waals surface area contributed by atoms with E-state index >= 15 is 0 Å². The van der Waals surface area contributed by atoms with E-state index in [1.165, 1.54) is 6.07 Å². The molecule has 0 radical (unpaired) electrons. The molecule has 0 amide bonds. The van der Waals surface area contributed by atoms with Crippen LogP contribution in [-0.2, 0) is 0 Å². The molecular weight excluding hydrogens is 193 g/mol. The summed E-state index contributed by atoms with van der Waals surface area (Å²) in [5.74, 6) is 0.0744. The van der Waals surface area contributed by atoms with Gasteiger partial charge in [0.1, 0.15) is 0 Å². The van der Waals surface area contributed by atoms with Gasteiger partial charge in [0.25, 0.3) is 0 Å². The van der Waals surface area contributed by atoms with Gasteiger partial charge >= 0.3 is 0 Å². The van der Waals surface area contributed by atoms with Crippen molar-refractivity contribution in [3.05, 3.63) is 30.1 Å². The van der Waals surface area contributed by atoms with Gasteiger partial charge < -0.3 is 10.5 Å². The average Bonchev–Trinajstić information content (AvgIpc) is 2.25. The fraction of sp³-hybridized carbons (Fsp3) is 0.500. The van der Waals surface area contributed by atoms with Crippen LogP contribution in [0, 0.1) is 5.82 Å². The zero-order valence-electron chi connectivity index (χ0n) is 8.66.